The van der Waals surface area contributed by atoms with Crippen molar-refractivity contribution in [2.45, 2.75) is 33.2 Å². The Labute approximate surface area is 124 Å². The monoisotopic (exact) mass is 293 g/mol. The van der Waals surface area contributed by atoms with Crippen LogP contribution in [0.25, 0.3) is 11.4 Å². The fourth-order valence-corrected chi connectivity index (χ4v) is 2.17. The number of hydrogen-bond donors (Lipinski definition) is 1. The Kier molecular flexibility index (Phi) is 5.15. The summed E-state index contributed by atoms with van der Waals surface area (Å²) in [5.41, 5.74) is 0.911. The van der Waals surface area contributed by atoms with Gasteiger partial charge in [0, 0.05) is 23.0 Å². The van der Waals surface area contributed by atoms with Crippen LogP contribution >= 0.6 is 11.6 Å². The molecule has 1 heterocycles. The van der Waals surface area contributed by atoms with E-state index in [0.717, 1.165) is 18.5 Å². The zero-order valence-electron chi connectivity index (χ0n) is 12.1. The lowest BCUT2D eigenvalue weighted by Gasteiger charge is -2.19. The maximum atomic E-state index is 5.87. The van der Waals surface area contributed by atoms with Crippen LogP contribution in [0.4, 0.5) is 0 Å². The van der Waals surface area contributed by atoms with Gasteiger partial charge in [-0.2, -0.15) is 4.98 Å². The first-order valence-electron chi connectivity index (χ1n) is 6.92. The van der Waals surface area contributed by atoms with Gasteiger partial charge in [0.2, 0.25) is 11.7 Å². The predicted octanol–water partition coefficient (Wildman–Crippen LogP) is 3.57. The van der Waals surface area contributed by atoms with Crippen LogP contribution in [-0.4, -0.2) is 22.7 Å². The third-order valence-corrected chi connectivity index (χ3v) is 3.49. The molecule has 0 saturated heterocycles. The van der Waals surface area contributed by atoms with E-state index in [0.29, 0.717) is 28.7 Å². The largest absolute Gasteiger partial charge is 0.339 e. The molecule has 0 fully saturated rings. The summed E-state index contributed by atoms with van der Waals surface area (Å²) in [6.45, 7) is 7.40. The van der Waals surface area contributed by atoms with Crippen molar-refractivity contribution in [3.05, 3.63) is 35.2 Å². The Bertz CT molecular complexity index is 536. The molecule has 0 bridgehead atoms. The van der Waals surface area contributed by atoms with Crippen LogP contribution in [0.3, 0.4) is 0 Å². The topological polar surface area (TPSA) is 51.0 Å². The van der Waals surface area contributed by atoms with Gasteiger partial charge in [0.15, 0.2) is 0 Å². The summed E-state index contributed by atoms with van der Waals surface area (Å²) in [6, 6.07) is 7.77. The third kappa shape index (κ3) is 3.81. The van der Waals surface area contributed by atoms with Gasteiger partial charge in [0.1, 0.15) is 0 Å². The standard InChI is InChI=1S/C15H20ClN3O/c1-4-17-13(10(2)3)9-14-18-15(19-20-14)11-5-7-12(16)8-6-11/h5-8,10,13,17H,4,9H2,1-3H3. The van der Waals surface area contributed by atoms with Crippen LogP contribution in [-0.2, 0) is 6.42 Å². The molecule has 5 heteroatoms. The predicted molar refractivity (Wildman–Crippen MR) is 80.8 cm³/mol. The number of rotatable bonds is 6. The summed E-state index contributed by atoms with van der Waals surface area (Å²) in [5, 5.41) is 8.17. The molecule has 1 N–H and O–H groups in total. The Morgan fingerprint density at radius 1 is 1.25 bits per heavy atom. The molecule has 2 aromatic rings. The Hall–Kier alpha value is -1.39. The number of hydrogen-bond acceptors (Lipinski definition) is 4. The van der Waals surface area contributed by atoms with Gasteiger partial charge in [-0.05, 0) is 36.7 Å². The second kappa shape index (κ2) is 6.86. The van der Waals surface area contributed by atoms with Gasteiger partial charge >= 0.3 is 0 Å². The van der Waals surface area contributed by atoms with Crippen molar-refractivity contribution >= 4 is 11.6 Å². The second-order valence-corrected chi connectivity index (χ2v) is 5.57. The highest BCUT2D eigenvalue weighted by molar-refractivity contribution is 6.30. The van der Waals surface area contributed by atoms with E-state index < -0.39 is 0 Å². The van der Waals surface area contributed by atoms with Crippen molar-refractivity contribution in [2.24, 2.45) is 5.92 Å². The quantitative estimate of drug-likeness (QED) is 0.884. The van der Waals surface area contributed by atoms with E-state index in [1.54, 1.807) is 0 Å². The summed E-state index contributed by atoms with van der Waals surface area (Å²) in [7, 11) is 0. The molecule has 0 aliphatic heterocycles. The minimum Gasteiger partial charge on any atom is -0.339 e. The summed E-state index contributed by atoms with van der Waals surface area (Å²) >= 11 is 5.87. The van der Waals surface area contributed by atoms with Crippen molar-refractivity contribution in [3.63, 3.8) is 0 Å². The van der Waals surface area contributed by atoms with Gasteiger partial charge in [-0.3, -0.25) is 0 Å². The maximum Gasteiger partial charge on any atom is 0.228 e. The molecule has 20 heavy (non-hydrogen) atoms. The van der Waals surface area contributed by atoms with Crippen molar-refractivity contribution in [2.75, 3.05) is 6.54 Å². The number of benzene rings is 1. The maximum absolute atomic E-state index is 5.87. The van der Waals surface area contributed by atoms with Gasteiger partial charge in [0.05, 0.1) is 0 Å². The Balaban J connectivity index is 2.10. The molecule has 0 radical (unpaired) electrons. The highest BCUT2D eigenvalue weighted by atomic mass is 35.5. The molecule has 108 valence electrons. The number of halogens is 1. The molecule has 0 aliphatic carbocycles. The lowest BCUT2D eigenvalue weighted by molar-refractivity contribution is 0.329. The van der Waals surface area contributed by atoms with E-state index in [4.69, 9.17) is 16.1 Å². The first-order chi connectivity index (χ1) is 9.60. The van der Waals surface area contributed by atoms with Gasteiger partial charge in [-0.1, -0.05) is 37.5 Å². The zero-order chi connectivity index (χ0) is 14.5. The van der Waals surface area contributed by atoms with Crippen LogP contribution in [0.2, 0.25) is 5.02 Å². The van der Waals surface area contributed by atoms with E-state index in [2.05, 4.69) is 36.2 Å². The van der Waals surface area contributed by atoms with E-state index in [1.165, 1.54) is 0 Å². The first-order valence-corrected chi connectivity index (χ1v) is 7.30. The van der Waals surface area contributed by atoms with Gasteiger partial charge in [0.25, 0.3) is 0 Å². The molecule has 0 saturated carbocycles. The molecule has 4 nitrogen and oxygen atoms in total. The number of nitrogens with zero attached hydrogens (tertiary/aromatic N) is 2. The number of aromatic nitrogens is 2. The minimum absolute atomic E-state index is 0.346. The number of likely N-dealkylation sites (N-methyl/N-ethyl adjacent to an activating group) is 1. The number of nitrogens with one attached hydrogen (secondary N) is 1. The van der Waals surface area contributed by atoms with Crippen LogP contribution < -0.4 is 5.32 Å². The van der Waals surface area contributed by atoms with Crippen molar-refractivity contribution < 1.29 is 4.52 Å². The third-order valence-electron chi connectivity index (χ3n) is 3.24. The molecule has 0 aliphatic rings. The van der Waals surface area contributed by atoms with Crippen molar-refractivity contribution in [1.29, 1.82) is 0 Å². The van der Waals surface area contributed by atoms with Crippen LogP contribution in [0, 0.1) is 5.92 Å². The summed E-state index contributed by atoms with van der Waals surface area (Å²) in [4.78, 5) is 4.45. The molecule has 1 aromatic heterocycles. The normalized spacial score (nSPS) is 12.8. The lowest BCUT2D eigenvalue weighted by atomic mass is 10.0. The zero-order valence-corrected chi connectivity index (χ0v) is 12.8. The van der Waals surface area contributed by atoms with E-state index in [-0.39, 0.29) is 0 Å². The smallest absolute Gasteiger partial charge is 0.228 e. The van der Waals surface area contributed by atoms with Gasteiger partial charge < -0.3 is 9.84 Å². The summed E-state index contributed by atoms with van der Waals surface area (Å²) in [6.07, 6.45) is 0.742. The molecular weight excluding hydrogens is 274 g/mol. The Morgan fingerprint density at radius 3 is 2.55 bits per heavy atom. The van der Waals surface area contributed by atoms with Crippen LogP contribution in [0.1, 0.15) is 26.7 Å². The van der Waals surface area contributed by atoms with Crippen LogP contribution in [0.15, 0.2) is 28.8 Å². The highest BCUT2D eigenvalue weighted by Crippen LogP contribution is 2.19. The first kappa shape index (κ1) is 15.0. The van der Waals surface area contributed by atoms with Gasteiger partial charge in [-0.15, -0.1) is 0 Å². The molecule has 0 spiro atoms. The molecule has 1 unspecified atom stereocenters. The summed E-state index contributed by atoms with van der Waals surface area (Å²) in [5.74, 6) is 1.78. The van der Waals surface area contributed by atoms with Crippen LogP contribution in [0.5, 0.6) is 0 Å². The second-order valence-electron chi connectivity index (χ2n) is 5.13. The van der Waals surface area contributed by atoms with E-state index >= 15 is 0 Å². The highest BCUT2D eigenvalue weighted by Gasteiger charge is 2.17. The van der Waals surface area contributed by atoms with E-state index in [9.17, 15) is 0 Å². The molecular formula is C15H20ClN3O. The van der Waals surface area contributed by atoms with Gasteiger partial charge in [-0.25, -0.2) is 0 Å². The SMILES string of the molecule is CCNC(Cc1nc(-c2ccc(Cl)cc2)no1)C(C)C. The van der Waals surface area contributed by atoms with Crippen molar-refractivity contribution in [1.82, 2.24) is 15.5 Å². The average molecular weight is 294 g/mol. The lowest BCUT2D eigenvalue weighted by Crippen LogP contribution is -2.35. The minimum atomic E-state index is 0.346. The molecule has 1 aromatic carbocycles. The fourth-order valence-electron chi connectivity index (χ4n) is 2.05. The Morgan fingerprint density at radius 2 is 1.95 bits per heavy atom. The van der Waals surface area contributed by atoms with Crippen molar-refractivity contribution in [3.8, 4) is 11.4 Å². The summed E-state index contributed by atoms with van der Waals surface area (Å²) < 4.78 is 5.34. The fraction of sp³-hybridized carbons (Fsp3) is 0.467. The molecule has 1 atom stereocenters. The molecule has 2 rings (SSSR count). The molecule has 0 amide bonds. The average Bonchev–Trinajstić information content (AvgIpc) is 2.87. The van der Waals surface area contributed by atoms with E-state index in [1.807, 2.05) is 24.3 Å².